The highest BCUT2D eigenvalue weighted by Crippen LogP contribution is 2.32. The van der Waals surface area contributed by atoms with Gasteiger partial charge in [-0.25, -0.2) is 13.4 Å². The number of rotatable bonds is 10. The van der Waals surface area contributed by atoms with Crippen molar-refractivity contribution in [2.75, 3.05) is 5.32 Å². The van der Waals surface area contributed by atoms with E-state index in [1.54, 1.807) is 18.2 Å². The minimum atomic E-state index is -4.08. The van der Waals surface area contributed by atoms with Crippen molar-refractivity contribution in [2.45, 2.75) is 43.4 Å². The lowest BCUT2D eigenvalue weighted by atomic mass is 10.0. The summed E-state index contributed by atoms with van der Waals surface area (Å²) in [5.41, 5.74) is 3.23. The van der Waals surface area contributed by atoms with E-state index in [0.717, 1.165) is 16.6 Å². The van der Waals surface area contributed by atoms with Crippen LogP contribution >= 0.6 is 0 Å². The maximum atomic E-state index is 12.7. The summed E-state index contributed by atoms with van der Waals surface area (Å²) in [6.45, 7) is 1.96. The molecule has 1 aliphatic rings. The maximum absolute atomic E-state index is 12.7. The van der Waals surface area contributed by atoms with E-state index in [1.807, 2.05) is 31.2 Å². The Kier molecular flexibility index (Phi) is 7.72. The zero-order valence-electron chi connectivity index (χ0n) is 21.9. The monoisotopic (exact) mass is 577 g/mol. The van der Waals surface area contributed by atoms with Crippen molar-refractivity contribution < 1.29 is 32.6 Å². The van der Waals surface area contributed by atoms with Crippen LogP contribution < -0.4 is 20.1 Å². The third-order valence-corrected chi connectivity index (χ3v) is 7.98. The molecule has 2 amide bonds. The first-order valence-corrected chi connectivity index (χ1v) is 14.2. The normalized spacial score (nSPS) is 15.4. The van der Waals surface area contributed by atoms with Gasteiger partial charge in [-0.05, 0) is 55.3 Å². The number of aromatic amines is 1. The minimum absolute atomic E-state index is 0.0480. The third kappa shape index (κ3) is 6.53. The number of amides is 2. The Morgan fingerprint density at radius 1 is 1.10 bits per heavy atom. The number of carbonyl (C=O) groups excluding carboxylic acids is 2. The topological polar surface area (TPSA) is 180 Å². The average Bonchev–Trinajstić information content (AvgIpc) is 3.35. The highest BCUT2D eigenvalue weighted by Gasteiger charge is 2.31. The van der Waals surface area contributed by atoms with Gasteiger partial charge in [0.05, 0.1) is 34.6 Å². The fourth-order valence-electron chi connectivity index (χ4n) is 4.36. The van der Waals surface area contributed by atoms with Crippen LogP contribution in [0.15, 0.2) is 71.6 Å². The number of hydrogen-bond acceptors (Lipinski definition) is 7. The van der Waals surface area contributed by atoms with E-state index in [0.29, 0.717) is 17.1 Å². The molecule has 41 heavy (non-hydrogen) atoms. The summed E-state index contributed by atoms with van der Waals surface area (Å²) in [4.78, 5) is 44.5. The number of fused-ring (bicyclic) bond motifs is 2. The predicted molar refractivity (Wildman–Crippen MR) is 149 cm³/mol. The number of imidazole rings is 1. The molecule has 4 aromatic rings. The average molecular weight is 578 g/mol. The van der Waals surface area contributed by atoms with Gasteiger partial charge in [-0.15, -0.1) is 0 Å². The molecule has 0 radical (unpaired) electrons. The molecule has 12 nitrogen and oxygen atoms in total. The fourth-order valence-corrected chi connectivity index (χ4v) is 5.55. The number of nitrogens with zero attached hydrogens (tertiary/aromatic N) is 1. The van der Waals surface area contributed by atoms with Crippen LogP contribution in [0.25, 0.3) is 11.0 Å². The fraction of sp³-hybridized carbons (Fsp3) is 0.214. The largest absolute Gasteiger partial charge is 0.480 e. The number of hydrogen-bond donors (Lipinski definition) is 5. The lowest BCUT2D eigenvalue weighted by Crippen LogP contribution is -2.42. The van der Waals surface area contributed by atoms with Crippen LogP contribution in [0, 0.1) is 6.92 Å². The molecular formula is C28H27N5O7S. The van der Waals surface area contributed by atoms with Gasteiger partial charge < -0.3 is 25.5 Å². The van der Waals surface area contributed by atoms with Gasteiger partial charge in [-0.2, -0.15) is 4.72 Å². The summed E-state index contributed by atoms with van der Waals surface area (Å²) >= 11 is 0. The zero-order chi connectivity index (χ0) is 29.1. The Balaban J connectivity index is 1.20. The van der Waals surface area contributed by atoms with Crippen molar-refractivity contribution in [3.05, 3.63) is 83.7 Å². The van der Waals surface area contributed by atoms with Gasteiger partial charge in [0.1, 0.15) is 17.6 Å². The number of carboxylic acids is 1. The van der Waals surface area contributed by atoms with Crippen LogP contribution in [0.5, 0.6) is 5.75 Å². The number of carboxylic acid groups (broad SMARTS) is 1. The van der Waals surface area contributed by atoms with Crippen LogP contribution in [-0.2, 0) is 37.4 Å². The molecule has 0 saturated carbocycles. The lowest BCUT2D eigenvalue weighted by molar-refractivity contribution is -0.139. The molecule has 212 valence electrons. The highest BCUT2D eigenvalue weighted by molar-refractivity contribution is 7.89. The van der Waals surface area contributed by atoms with Crippen molar-refractivity contribution in [1.82, 2.24) is 20.0 Å². The van der Waals surface area contributed by atoms with E-state index in [1.165, 1.54) is 24.3 Å². The van der Waals surface area contributed by atoms with E-state index in [9.17, 15) is 27.9 Å². The molecule has 1 aromatic heterocycles. The van der Waals surface area contributed by atoms with Crippen LogP contribution in [-0.4, -0.2) is 53.4 Å². The standard InChI is InChI=1S/C28H27N5O7S/c1-16-6-9-18(10-7-16)41(38,39)33-22(28(36)37)13-17-8-11-23-21(12-17)32-27(35)24(40-23)14-26(34)29-15-25-30-19-4-2-3-5-20(19)31-25/h2-12,22,24,33H,13-15H2,1H3,(H,29,34)(H,30,31)(H,32,35)(H,36,37)/t22-,24?/m0/s1. The van der Waals surface area contributed by atoms with Crippen molar-refractivity contribution in [3.8, 4) is 5.75 Å². The minimum Gasteiger partial charge on any atom is -0.480 e. The molecule has 5 N–H and O–H groups in total. The SMILES string of the molecule is Cc1ccc(S(=O)(=O)N[C@@H](Cc2ccc3c(c2)NC(=O)C(CC(=O)NCc2nc4ccccc4[nH]2)O3)C(=O)O)cc1. The molecule has 1 aliphatic heterocycles. The summed E-state index contributed by atoms with van der Waals surface area (Å²) in [6, 6.07) is 16.7. The number of benzene rings is 3. The van der Waals surface area contributed by atoms with Crippen LogP contribution in [0.4, 0.5) is 5.69 Å². The molecular weight excluding hydrogens is 550 g/mol. The Labute approximate surface area is 235 Å². The van der Waals surface area contributed by atoms with Crippen molar-refractivity contribution >= 4 is 44.5 Å². The number of aromatic nitrogens is 2. The number of carbonyl (C=O) groups is 3. The Morgan fingerprint density at radius 2 is 1.85 bits per heavy atom. The quantitative estimate of drug-likeness (QED) is 0.190. The first-order chi connectivity index (χ1) is 19.6. The van der Waals surface area contributed by atoms with Crippen molar-refractivity contribution in [1.29, 1.82) is 0 Å². The Morgan fingerprint density at radius 3 is 2.59 bits per heavy atom. The molecule has 3 aromatic carbocycles. The number of H-pyrrole nitrogens is 1. The second kappa shape index (κ2) is 11.4. The van der Waals surface area contributed by atoms with E-state index in [-0.39, 0.29) is 30.0 Å². The van der Waals surface area contributed by atoms with E-state index >= 15 is 0 Å². The molecule has 2 atom stereocenters. The van der Waals surface area contributed by atoms with Gasteiger partial charge >= 0.3 is 5.97 Å². The Hall–Kier alpha value is -4.75. The number of anilines is 1. The van der Waals surface area contributed by atoms with Gasteiger partial charge in [0.2, 0.25) is 15.9 Å². The van der Waals surface area contributed by atoms with E-state index < -0.39 is 40.0 Å². The van der Waals surface area contributed by atoms with Crippen molar-refractivity contribution in [2.24, 2.45) is 0 Å². The molecule has 13 heteroatoms. The molecule has 0 fully saturated rings. The second-order valence-corrected chi connectivity index (χ2v) is 11.4. The predicted octanol–water partition coefficient (Wildman–Crippen LogP) is 2.25. The van der Waals surface area contributed by atoms with Crippen LogP contribution in [0.3, 0.4) is 0 Å². The number of sulfonamides is 1. The van der Waals surface area contributed by atoms with Gasteiger partial charge in [0.15, 0.2) is 6.10 Å². The molecule has 0 bridgehead atoms. The summed E-state index contributed by atoms with van der Waals surface area (Å²) in [6.07, 6.45) is -1.48. The van der Waals surface area contributed by atoms with Gasteiger partial charge in [0, 0.05) is 0 Å². The second-order valence-electron chi connectivity index (χ2n) is 9.64. The van der Waals surface area contributed by atoms with Crippen molar-refractivity contribution in [3.63, 3.8) is 0 Å². The molecule has 2 heterocycles. The molecule has 1 unspecified atom stereocenters. The molecule has 0 spiro atoms. The van der Waals surface area contributed by atoms with E-state index in [4.69, 9.17) is 4.74 Å². The third-order valence-electron chi connectivity index (χ3n) is 6.49. The van der Waals surface area contributed by atoms with E-state index in [2.05, 4.69) is 25.3 Å². The first kappa shape index (κ1) is 27.8. The number of para-hydroxylation sites is 2. The number of aliphatic carboxylic acids is 1. The molecule has 5 rings (SSSR count). The zero-order valence-corrected chi connectivity index (χ0v) is 22.7. The Bertz CT molecular complexity index is 1700. The van der Waals surface area contributed by atoms with Gasteiger partial charge in [-0.3, -0.25) is 14.4 Å². The highest BCUT2D eigenvalue weighted by atomic mass is 32.2. The number of ether oxygens (including phenoxy) is 1. The lowest BCUT2D eigenvalue weighted by Gasteiger charge is -2.26. The molecule has 0 saturated heterocycles. The number of aryl methyl sites for hydroxylation is 1. The van der Waals surface area contributed by atoms with Crippen LogP contribution in [0.1, 0.15) is 23.4 Å². The summed E-state index contributed by atoms with van der Waals surface area (Å²) in [5, 5.41) is 15.1. The smallest absolute Gasteiger partial charge is 0.322 e. The molecule has 0 aliphatic carbocycles. The van der Waals surface area contributed by atoms with Crippen LogP contribution in [0.2, 0.25) is 0 Å². The maximum Gasteiger partial charge on any atom is 0.322 e. The summed E-state index contributed by atoms with van der Waals surface area (Å²) in [5.74, 6) is -1.42. The number of nitrogens with one attached hydrogen (secondary N) is 4. The van der Waals surface area contributed by atoms with Gasteiger partial charge in [-0.1, -0.05) is 35.9 Å². The summed E-state index contributed by atoms with van der Waals surface area (Å²) in [7, 11) is -4.08. The first-order valence-electron chi connectivity index (χ1n) is 12.7. The van der Waals surface area contributed by atoms with Gasteiger partial charge in [0.25, 0.3) is 5.91 Å². The summed E-state index contributed by atoms with van der Waals surface area (Å²) < 4.78 is 33.4.